The minimum Gasteiger partial charge on any atom is -0.454 e. The maximum Gasteiger partial charge on any atom is 0.326 e. The Morgan fingerprint density at radius 1 is 1.17 bits per heavy atom. The Kier molecular flexibility index (Phi) is 5.81. The molecule has 0 aromatic heterocycles. The van der Waals surface area contributed by atoms with Crippen molar-refractivity contribution in [3.05, 3.63) is 65.5 Å². The zero-order valence-electron chi connectivity index (χ0n) is 16.4. The number of halogens is 1. The second-order valence-electron chi connectivity index (χ2n) is 7.00. The molecule has 1 fully saturated rings. The second-order valence-corrected chi connectivity index (χ2v) is 7.00. The molecule has 2 aromatic rings. The van der Waals surface area contributed by atoms with E-state index in [1.165, 1.54) is 19.1 Å². The Balaban J connectivity index is 1.56. The van der Waals surface area contributed by atoms with Crippen molar-refractivity contribution in [2.24, 2.45) is 0 Å². The summed E-state index contributed by atoms with van der Waals surface area (Å²) in [6.45, 7) is 1.90. The molecule has 2 aromatic carbocycles. The van der Waals surface area contributed by atoms with E-state index in [0.717, 1.165) is 4.90 Å². The number of esters is 1. The fraction of sp³-hybridized carbons (Fsp3) is 0.238. The lowest BCUT2D eigenvalue weighted by molar-refractivity contribution is -0.150. The average molecular weight is 413 g/mol. The molecule has 156 valence electrons. The average Bonchev–Trinajstić information content (AvgIpc) is 2.93. The number of carbonyl (C=O) groups excluding carboxylic acids is 4. The number of carbonyl (C=O) groups is 4. The highest BCUT2D eigenvalue weighted by molar-refractivity contribution is 6.09. The molecule has 8 nitrogen and oxygen atoms in total. The van der Waals surface area contributed by atoms with Gasteiger partial charge >= 0.3 is 12.0 Å². The topological polar surface area (TPSA) is 105 Å². The van der Waals surface area contributed by atoms with Gasteiger partial charge in [0.25, 0.3) is 11.8 Å². The van der Waals surface area contributed by atoms with Gasteiger partial charge in [0.05, 0.1) is 5.69 Å². The van der Waals surface area contributed by atoms with E-state index in [4.69, 9.17) is 4.74 Å². The molecule has 30 heavy (non-hydrogen) atoms. The van der Waals surface area contributed by atoms with E-state index < -0.39 is 48.3 Å². The first-order valence-electron chi connectivity index (χ1n) is 9.12. The second kappa shape index (κ2) is 8.32. The van der Waals surface area contributed by atoms with Crippen LogP contribution in [0.1, 0.15) is 18.1 Å². The van der Waals surface area contributed by atoms with Crippen LogP contribution in [0.15, 0.2) is 48.5 Å². The van der Waals surface area contributed by atoms with Gasteiger partial charge in [-0.05, 0) is 37.1 Å². The van der Waals surface area contributed by atoms with Gasteiger partial charge in [-0.15, -0.1) is 0 Å². The molecule has 1 saturated heterocycles. The molecule has 1 heterocycles. The third-order valence-corrected chi connectivity index (χ3v) is 4.68. The molecule has 0 aliphatic carbocycles. The molecule has 0 radical (unpaired) electrons. The van der Waals surface area contributed by atoms with Crippen molar-refractivity contribution < 1.29 is 28.3 Å². The molecule has 1 aliphatic heterocycles. The van der Waals surface area contributed by atoms with Crippen LogP contribution in [-0.4, -0.2) is 41.9 Å². The Bertz CT molecular complexity index is 1010. The molecule has 1 aliphatic rings. The lowest BCUT2D eigenvalue weighted by atomic mass is 9.92. The van der Waals surface area contributed by atoms with Crippen molar-refractivity contribution in [1.29, 1.82) is 0 Å². The predicted molar refractivity (Wildman–Crippen MR) is 105 cm³/mol. The van der Waals surface area contributed by atoms with Crippen molar-refractivity contribution in [2.75, 3.05) is 18.5 Å². The summed E-state index contributed by atoms with van der Waals surface area (Å²) in [6, 6.07) is 12.1. The summed E-state index contributed by atoms with van der Waals surface area (Å²) >= 11 is 0. The molecule has 0 bridgehead atoms. The van der Waals surface area contributed by atoms with Crippen LogP contribution in [0.4, 0.5) is 14.9 Å². The number of amides is 4. The molecule has 3 rings (SSSR count). The number of aryl methyl sites for hydroxylation is 1. The van der Waals surface area contributed by atoms with Gasteiger partial charge in [0, 0.05) is 0 Å². The van der Waals surface area contributed by atoms with Crippen LogP contribution in [0, 0.1) is 12.7 Å². The molecule has 9 heteroatoms. The number of hydrogen-bond donors (Lipinski definition) is 2. The van der Waals surface area contributed by atoms with Crippen LogP contribution < -0.4 is 10.6 Å². The highest BCUT2D eigenvalue weighted by Gasteiger charge is 2.49. The zero-order chi connectivity index (χ0) is 21.9. The lowest BCUT2D eigenvalue weighted by Crippen LogP contribution is -2.41. The normalized spacial score (nSPS) is 18.2. The zero-order valence-corrected chi connectivity index (χ0v) is 16.4. The fourth-order valence-electron chi connectivity index (χ4n) is 3.04. The molecule has 0 unspecified atom stereocenters. The van der Waals surface area contributed by atoms with Crippen LogP contribution in [0.2, 0.25) is 0 Å². The highest BCUT2D eigenvalue weighted by atomic mass is 19.1. The van der Waals surface area contributed by atoms with Crippen molar-refractivity contribution in [2.45, 2.75) is 19.4 Å². The smallest absolute Gasteiger partial charge is 0.326 e. The van der Waals surface area contributed by atoms with E-state index in [2.05, 4.69) is 10.6 Å². The van der Waals surface area contributed by atoms with Crippen LogP contribution in [0.5, 0.6) is 0 Å². The van der Waals surface area contributed by atoms with E-state index in [9.17, 15) is 23.6 Å². The maximum absolute atomic E-state index is 13.8. The van der Waals surface area contributed by atoms with Crippen molar-refractivity contribution in [3.63, 3.8) is 0 Å². The number of benzene rings is 2. The van der Waals surface area contributed by atoms with Gasteiger partial charge in [0.15, 0.2) is 6.61 Å². The monoisotopic (exact) mass is 413 g/mol. The van der Waals surface area contributed by atoms with Gasteiger partial charge in [0.2, 0.25) is 0 Å². The van der Waals surface area contributed by atoms with Crippen molar-refractivity contribution in [3.8, 4) is 0 Å². The van der Waals surface area contributed by atoms with E-state index in [-0.39, 0.29) is 5.69 Å². The maximum atomic E-state index is 13.8. The van der Waals surface area contributed by atoms with Crippen LogP contribution in [0.25, 0.3) is 0 Å². The largest absolute Gasteiger partial charge is 0.454 e. The predicted octanol–water partition coefficient (Wildman–Crippen LogP) is 2.08. The fourth-order valence-corrected chi connectivity index (χ4v) is 3.04. The highest BCUT2D eigenvalue weighted by Crippen LogP contribution is 2.28. The molecule has 1 atom stereocenters. The molecular weight excluding hydrogens is 393 g/mol. The summed E-state index contributed by atoms with van der Waals surface area (Å²) in [5, 5.41) is 4.86. The third kappa shape index (κ3) is 4.29. The summed E-state index contributed by atoms with van der Waals surface area (Å²) in [4.78, 5) is 49.6. The Morgan fingerprint density at radius 3 is 2.53 bits per heavy atom. The van der Waals surface area contributed by atoms with Gasteiger partial charge in [-0.3, -0.25) is 19.3 Å². The minimum atomic E-state index is -1.31. The Labute approximate surface area is 172 Å². The quantitative estimate of drug-likeness (QED) is 0.557. The number of imide groups is 1. The number of ether oxygens (including phenoxy) is 1. The number of urea groups is 1. The van der Waals surface area contributed by atoms with Gasteiger partial charge in [-0.2, -0.15) is 0 Å². The number of nitrogens with one attached hydrogen (secondary N) is 2. The van der Waals surface area contributed by atoms with E-state index in [1.807, 2.05) is 0 Å². The Morgan fingerprint density at radius 2 is 1.87 bits per heavy atom. The van der Waals surface area contributed by atoms with Gasteiger partial charge < -0.3 is 15.4 Å². The molecule has 2 N–H and O–H groups in total. The third-order valence-electron chi connectivity index (χ3n) is 4.68. The van der Waals surface area contributed by atoms with Crippen LogP contribution in [-0.2, 0) is 24.7 Å². The number of hydrogen-bond acceptors (Lipinski definition) is 5. The first-order valence-corrected chi connectivity index (χ1v) is 9.12. The van der Waals surface area contributed by atoms with Crippen LogP contribution in [0.3, 0.4) is 0 Å². The number of rotatable bonds is 6. The summed E-state index contributed by atoms with van der Waals surface area (Å²) in [5.41, 5.74) is -0.0972. The minimum absolute atomic E-state index is 0.0469. The number of anilines is 1. The van der Waals surface area contributed by atoms with Crippen LogP contribution >= 0.6 is 0 Å². The first kappa shape index (κ1) is 21.0. The lowest BCUT2D eigenvalue weighted by Gasteiger charge is -2.21. The van der Waals surface area contributed by atoms with E-state index in [1.54, 1.807) is 43.3 Å². The Hall–Kier alpha value is -3.75. The number of nitrogens with zero attached hydrogens (tertiary/aromatic N) is 1. The molecule has 0 saturated carbocycles. The molecule has 0 spiro atoms. The molecule has 4 amide bonds. The summed E-state index contributed by atoms with van der Waals surface area (Å²) in [6.07, 6.45) is 0. The van der Waals surface area contributed by atoms with Gasteiger partial charge in [-0.1, -0.05) is 36.4 Å². The molecular formula is C21H20FN3O5. The van der Waals surface area contributed by atoms with E-state index in [0.29, 0.717) is 11.1 Å². The SMILES string of the molecule is Cc1ccc(NC(=O)COC(=O)CN2C(=O)N[C@](C)(c3ccccc3)C2=O)c(F)c1. The van der Waals surface area contributed by atoms with E-state index >= 15 is 0 Å². The standard InChI is InChI=1S/C21H20FN3O5/c1-13-8-9-16(15(22)10-13)23-17(26)12-30-18(27)11-25-19(28)21(2,24-20(25)29)14-6-4-3-5-7-14/h3-10H,11-12H2,1-2H3,(H,23,26)(H,24,29)/t21-/m1/s1. The first-order chi connectivity index (χ1) is 14.2. The summed E-state index contributed by atoms with van der Waals surface area (Å²) in [5.74, 6) is -2.93. The summed E-state index contributed by atoms with van der Waals surface area (Å²) < 4.78 is 18.6. The van der Waals surface area contributed by atoms with Gasteiger partial charge in [-0.25, -0.2) is 9.18 Å². The van der Waals surface area contributed by atoms with Gasteiger partial charge in [0.1, 0.15) is 17.9 Å². The van der Waals surface area contributed by atoms with Crippen molar-refractivity contribution >= 4 is 29.5 Å². The summed E-state index contributed by atoms with van der Waals surface area (Å²) in [7, 11) is 0. The van der Waals surface area contributed by atoms with Crippen molar-refractivity contribution in [1.82, 2.24) is 10.2 Å².